The standard InChI is InChI=1S/C17H28FN3O6S2/c1-16(2,3)21-28(23,24)12-7-8-14(13(18)11-12)29(25,26)20-10-9-19-15(22)27-17(4,5)6/h7-8,11,20-21H,9-10H2,1-6H3,(H,19,22). The van der Waals surface area contributed by atoms with Gasteiger partial charge in [0.1, 0.15) is 16.3 Å². The van der Waals surface area contributed by atoms with E-state index in [1.54, 1.807) is 41.5 Å². The van der Waals surface area contributed by atoms with Gasteiger partial charge < -0.3 is 10.1 Å². The molecule has 0 bridgehead atoms. The molecule has 0 fully saturated rings. The number of nitrogens with one attached hydrogen (secondary N) is 3. The predicted molar refractivity (Wildman–Crippen MR) is 106 cm³/mol. The second-order valence-corrected chi connectivity index (χ2v) is 11.7. The van der Waals surface area contributed by atoms with E-state index in [2.05, 4.69) is 14.8 Å². The summed E-state index contributed by atoms with van der Waals surface area (Å²) in [7, 11) is -8.27. The largest absolute Gasteiger partial charge is 0.444 e. The Hall–Kier alpha value is -1.76. The van der Waals surface area contributed by atoms with Crippen LogP contribution < -0.4 is 14.8 Å². The van der Waals surface area contributed by atoms with Gasteiger partial charge in [-0.1, -0.05) is 0 Å². The molecule has 0 aromatic heterocycles. The third-order valence-electron chi connectivity index (χ3n) is 3.03. The maximum Gasteiger partial charge on any atom is 0.407 e. The Bertz CT molecular complexity index is 948. The molecule has 166 valence electrons. The normalized spacial score (nSPS) is 13.2. The highest BCUT2D eigenvalue weighted by atomic mass is 32.2. The average Bonchev–Trinajstić information content (AvgIpc) is 2.47. The third kappa shape index (κ3) is 8.64. The summed E-state index contributed by atoms with van der Waals surface area (Å²) in [6, 6.07) is 2.52. The van der Waals surface area contributed by atoms with Gasteiger partial charge in [-0.3, -0.25) is 0 Å². The highest BCUT2D eigenvalue weighted by molar-refractivity contribution is 7.90. The van der Waals surface area contributed by atoms with Crippen LogP contribution in [0.3, 0.4) is 0 Å². The van der Waals surface area contributed by atoms with E-state index in [4.69, 9.17) is 4.74 Å². The van der Waals surface area contributed by atoms with Gasteiger partial charge in [0, 0.05) is 18.6 Å². The number of hydrogen-bond acceptors (Lipinski definition) is 6. The van der Waals surface area contributed by atoms with E-state index in [1.807, 2.05) is 0 Å². The summed E-state index contributed by atoms with van der Waals surface area (Å²) in [5.41, 5.74) is -1.49. The van der Waals surface area contributed by atoms with E-state index in [0.29, 0.717) is 6.07 Å². The molecule has 29 heavy (non-hydrogen) atoms. The third-order valence-corrected chi connectivity index (χ3v) is 6.28. The number of alkyl carbamates (subject to hydrolysis) is 1. The van der Waals surface area contributed by atoms with Crippen molar-refractivity contribution in [1.29, 1.82) is 0 Å². The first kappa shape index (κ1) is 25.3. The van der Waals surface area contributed by atoms with Crippen molar-refractivity contribution in [2.75, 3.05) is 13.1 Å². The molecular formula is C17H28FN3O6S2. The fourth-order valence-corrected chi connectivity index (χ4v) is 4.59. The molecule has 9 nitrogen and oxygen atoms in total. The van der Waals surface area contributed by atoms with Crippen molar-refractivity contribution in [3.8, 4) is 0 Å². The number of amides is 1. The first-order valence-electron chi connectivity index (χ1n) is 8.73. The lowest BCUT2D eigenvalue weighted by Gasteiger charge is -2.20. The van der Waals surface area contributed by atoms with Gasteiger partial charge in [0.25, 0.3) is 0 Å². The lowest BCUT2D eigenvalue weighted by molar-refractivity contribution is 0.0529. The Balaban J connectivity index is 2.81. The van der Waals surface area contributed by atoms with E-state index < -0.39 is 52.9 Å². The highest BCUT2D eigenvalue weighted by Gasteiger charge is 2.25. The van der Waals surface area contributed by atoms with Crippen LogP contribution in [0.15, 0.2) is 28.0 Å². The van der Waals surface area contributed by atoms with Crippen LogP contribution >= 0.6 is 0 Å². The molecule has 3 N–H and O–H groups in total. The van der Waals surface area contributed by atoms with Crippen molar-refractivity contribution < 1.29 is 30.8 Å². The minimum Gasteiger partial charge on any atom is -0.444 e. The first-order valence-corrected chi connectivity index (χ1v) is 11.7. The zero-order chi connectivity index (χ0) is 22.7. The summed E-state index contributed by atoms with van der Waals surface area (Å²) in [4.78, 5) is 10.4. The summed E-state index contributed by atoms with van der Waals surface area (Å²) in [5.74, 6) is -1.21. The number of rotatable bonds is 7. The van der Waals surface area contributed by atoms with Crippen molar-refractivity contribution in [2.45, 2.75) is 62.5 Å². The fourth-order valence-electron chi connectivity index (χ4n) is 2.07. The summed E-state index contributed by atoms with van der Waals surface area (Å²) in [5, 5.41) is 2.36. The van der Waals surface area contributed by atoms with Crippen LogP contribution in [-0.4, -0.2) is 47.2 Å². The molecule has 0 aliphatic rings. The summed E-state index contributed by atoms with van der Waals surface area (Å²) >= 11 is 0. The van der Waals surface area contributed by atoms with Crippen LogP contribution in [0.2, 0.25) is 0 Å². The smallest absolute Gasteiger partial charge is 0.407 e. The SMILES string of the molecule is CC(C)(C)NS(=O)(=O)c1ccc(S(=O)(=O)NCCNC(=O)OC(C)(C)C)c(F)c1. The topological polar surface area (TPSA) is 131 Å². The second-order valence-electron chi connectivity index (χ2n) is 8.27. The molecule has 0 radical (unpaired) electrons. The van der Waals surface area contributed by atoms with E-state index in [1.165, 1.54) is 0 Å². The van der Waals surface area contributed by atoms with Gasteiger partial charge in [-0.15, -0.1) is 0 Å². The number of ether oxygens (including phenoxy) is 1. The molecule has 1 aromatic carbocycles. The molecule has 1 rings (SSSR count). The van der Waals surface area contributed by atoms with Gasteiger partial charge in [-0.25, -0.2) is 35.5 Å². The quantitative estimate of drug-likeness (QED) is 0.539. The van der Waals surface area contributed by atoms with Gasteiger partial charge in [-0.05, 0) is 59.7 Å². The van der Waals surface area contributed by atoms with Crippen LogP contribution in [0.25, 0.3) is 0 Å². The molecule has 1 aromatic rings. The summed E-state index contributed by atoms with van der Waals surface area (Å²) < 4.78 is 72.8. The first-order chi connectivity index (χ1) is 12.9. The van der Waals surface area contributed by atoms with Crippen molar-refractivity contribution in [3.05, 3.63) is 24.0 Å². The van der Waals surface area contributed by atoms with Gasteiger partial charge in [-0.2, -0.15) is 0 Å². The molecule has 0 saturated heterocycles. The molecular weight excluding hydrogens is 425 g/mol. The van der Waals surface area contributed by atoms with Crippen molar-refractivity contribution in [3.63, 3.8) is 0 Å². The lowest BCUT2D eigenvalue weighted by atomic mass is 10.1. The molecule has 1 amide bonds. The summed E-state index contributed by atoms with van der Waals surface area (Å²) in [6.07, 6.45) is -0.719. The zero-order valence-electron chi connectivity index (χ0n) is 17.3. The molecule has 0 heterocycles. The van der Waals surface area contributed by atoms with Crippen LogP contribution in [-0.2, 0) is 24.8 Å². The summed E-state index contributed by atoms with van der Waals surface area (Å²) in [6.45, 7) is 9.60. The van der Waals surface area contributed by atoms with Gasteiger partial charge in [0.2, 0.25) is 20.0 Å². The molecule has 0 atom stereocenters. The maximum atomic E-state index is 14.3. The number of carbonyl (C=O) groups excluding carboxylic acids is 1. The van der Waals surface area contributed by atoms with Gasteiger partial charge in [0.05, 0.1) is 4.90 Å². The molecule has 0 unspecified atom stereocenters. The minimum absolute atomic E-state index is 0.0856. The Morgan fingerprint density at radius 1 is 1.00 bits per heavy atom. The maximum absolute atomic E-state index is 14.3. The number of hydrogen-bond donors (Lipinski definition) is 3. The van der Waals surface area contributed by atoms with Crippen LogP contribution in [0.1, 0.15) is 41.5 Å². The molecule has 0 spiro atoms. The fraction of sp³-hybridized carbons (Fsp3) is 0.588. The average molecular weight is 454 g/mol. The van der Waals surface area contributed by atoms with Gasteiger partial charge in [0.15, 0.2) is 0 Å². The highest BCUT2D eigenvalue weighted by Crippen LogP contribution is 2.20. The Labute approximate surface area is 171 Å². The predicted octanol–water partition coefficient (Wildman–Crippen LogP) is 1.71. The molecule has 0 saturated carbocycles. The zero-order valence-corrected chi connectivity index (χ0v) is 18.9. The van der Waals surface area contributed by atoms with Crippen molar-refractivity contribution in [1.82, 2.24) is 14.8 Å². The molecule has 0 aliphatic carbocycles. The van der Waals surface area contributed by atoms with E-state index >= 15 is 0 Å². The van der Waals surface area contributed by atoms with Crippen LogP contribution in [0.4, 0.5) is 9.18 Å². The molecule has 0 aliphatic heterocycles. The van der Waals surface area contributed by atoms with Crippen LogP contribution in [0.5, 0.6) is 0 Å². The number of sulfonamides is 2. The Kier molecular flexibility index (Phi) is 7.79. The molecule has 12 heteroatoms. The number of halogens is 1. The van der Waals surface area contributed by atoms with Crippen molar-refractivity contribution in [2.24, 2.45) is 0 Å². The van der Waals surface area contributed by atoms with E-state index in [0.717, 1.165) is 12.1 Å². The second kappa shape index (κ2) is 8.94. The number of benzene rings is 1. The minimum atomic E-state index is -4.25. The van der Waals surface area contributed by atoms with Gasteiger partial charge >= 0.3 is 6.09 Å². The number of carbonyl (C=O) groups is 1. The van der Waals surface area contributed by atoms with Crippen molar-refractivity contribution >= 4 is 26.1 Å². The van der Waals surface area contributed by atoms with Crippen LogP contribution in [0, 0.1) is 5.82 Å². The Morgan fingerprint density at radius 2 is 1.59 bits per heavy atom. The van der Waals surface area contributed by atoms with E-state index in [-0.39, 0.29) is 13.1 Å². The monoisotopic (exact) mass is 453 g/mol. The van der Waals surface area contributed by atoms with E-state index in [9.17, 15) is 26.0 Å². The Morgan fingerprint density at radius 3 is 2.07 bits per heavy atom. The lowest BCUT2D eigenvalue weighted by Crippen LogP contribution is -2.40.